The van der Waals surface area contributed by atoms with Crippen molar-refractivity contribution in [1.29, 1.82) is 0 Å². The summed E-state index contributed by atoms with van der Waals surface area (Å²) >= 11 is 0. The molecule has 7 aromatic rings. The van der Waals surface area contributed by atoms with Crippen molar-refractivity contribution in [3.63, 3.8) is 0 Å². The molecular formula is C26H19N6O6+3. The van der Waals surface area contributed by atoms with Gasteiger partial charge in [0.05, 0.1) is 23.7 Å². The topological polar surface area (TPSA) is 149 Å². The number of aromatic amines is 1. The average Bonchev–Trinajstić information content (AvgIpc) is 3.51. The van der Waals surface area contributed by atoms with Crippen molar-refractivity contribution < 1.29 is 43.1 Å². The summed E-state index contributed by atoms with van der Waals surface area (Å²) < 4.78 is 9.47. The molecule has 0 atom stereocenters. The molecule has 0 aliphatic carbocycles. The minimum Gasteiger partial charge on any atom is -0.478 e. The predicted molar refractivity (Wildman–Crippen MR) is 132 cm³/mol. The van der Waals surface area contributed by atoms with Crippen LogP contribution < -0.4 is 13.4 Å². The highest BCUT2D eigenvalue weighted by Gasteiger charge is 2.41. The van der Waals surface area contributed by atoms with Gasteiger partial charge in [-0.1, -0.05) is 4.40 Å². The lowest BCUT2D eigenvalue weighted by molar-refractivity contribution is -0.696. The van der Waals surface area contributed by atoms with Gasteiger partial charge in [-0.2, -0.15) is 0 Å². The molecule has 0 unspecified atom stereocenters. The Labute approximate surface area is 211 Å². The van der Waals surface area contributed by atoms with E-state index >= 15 is 0 Å². The highest BCUT2D eigenvalue weighted by atomic mass is 16.4. The second-order valence-electron chi connectivity index (χ2n) is 9.23. The summed E-state index contributed by atoms with van der Waals surface area (Å²) in [6.07, 6.45) is 0. The maximum atomic E-state index is 11.9. The van der Waals surface area contributed by atoms with Crippen LogP contribution in [0.2, 0.25) is 0 Å². The number of hydrogen-bond donors (Lipinski definition) is 4. The zero-order valence-electron chi connectivity index (χ0n) is 20.0. The maximum Gasteiger partial charge on any atom is 0.555 e. The summed E-state index contributed by atoms with van der Waals surface area (Å²) in [5, 5.41) is 29.0. The van der Waals surface area contributed by atoms with Crippen LogP contribution in [-0.2, 0) is 14.1 Å². The van der Waals surface area contributed by atoms with Gasteiger partial charge in [0.15, 0.2) is 16.6 Å². The van der Waals surface area contributed by atoms with Gasteiger partial charge >= 0.3 is 35.2 Å². The van der Waals surface area contributed by atoms with Crippen LogP contribution in [0.1, 0.15) is 31.1 Å². The van der Waals surface area contributed by atoms with Crippen LogP contribution in [0, 0.1) is 0 Å². The van der Waals surface area contributed by atoms with Gasteiger partial charge < -0.3 is 15.3 Å². The van der Waals surface area contributed by atoms with Crippen molar-refractivity contribution in [2.24, 2.45) is 14.1 Å². The third kappa shape index (κ3) is 2.57. The number of nitrogens with zero attached hydrogens (tertiary/aromatic N) is 5. The number of carboxylic acids is 3. The lowest BCUT2D eigenvalue weighted by Gasteiger charge is -1.92. The highest BCUT2D eigenvalue weighted by Crippen LogP contribution is 2.23. The summed E-state index contributed by atoms with van der Waals surface area (Å²) in [6, 6.07) is 14.5. The molecule has 0 saturated carbocycles. The summed E-state index contributed by atoms with van der Waals surface area (Å²) in [6.45, 7) is 0. The van der Waals surface area contributed by atoms with Crippen LogP contribution in [0.25, 0.3) is 50.4 Å². The molecule has 0 amide bonds. The van der Waals surface area contributed by atoms with Gasteiger partial charge in [0.25, 0.3) is 0 Å². The van der Waals surface area contributed by atoms with Gasteiger partial charge in [-0.05, 0) is 51.3 Å². The Kier molecular flexibility index (Phi) is 4.02. The predicted octanol–water partition coefficient (Wildman–Crippen LogP) is 1.46. The first kappa shape index (κ1) is 21.7. The number of benzene rings is 3. The summed E-state index contributed by atoms with van der Waals surface area (Å²) in [7, 11) is 3.67. The van der Waals surface area contributed by atoms with E-state index < -0.39 is 17.9 Å². The van der Waals surface area contributed by atoms with Gasteiger partial charge in [-0.3, -0.25) is 0 Å². The van der Waals surface area contributed by atoms with Crippen molar-refractivity contribution in [2.45, 2.75) is 0 Å². The normalized spacial score (nSPS) is 12.1. The molecular weight excluding hydrogens is 492 g/mol. The van der Waals surface area contributed by atoms with Gasteiger partial charge in [-0.15, -0.1) is 4.57 Å². The fourth-order valence-corrected chi connectivity index (χ4v) is 5.47. The Hall–Kier alpha value is -5.52. The molecule has 38 heavy (non-hydrogen) atoms. The van der Waals surface area contributed by atoms with E-state index in [4.69, 9.17) is 0 Å². The number of imidazole rings is 3. The quantitative estimate of drug-likeness (QED) is 0.264. The van der Waals surface area contributed by atoms with Crippen molar-refractivity contribution in [1.82, 2.24) is 14.0 Å². The standard InChI is InChI=1S/C26H16N6O6/c1-28-16-7-4-14(23(37)38)11-20(16)32-25(28)31-18-9-12(21(33)34)3-6-15(18)27-24(31)30-17-8-5-13(22(35)36)10-19(17)29(2)26(30)32/h3-11H,1-2H3,(H-2,33,34,35,36,37,38)/p+3. The van der Waals surface area contributed by atoms with Gasteiger partial charge in [0, 0.05) is 12.1 Å². The molecule has 12 heteroatoms. The largest absolute Gasteiger partial charge is 0.555 e. The number of aryl methyl sites for hydroxylation is 2. The molecule has 186 valence electrons. The molecule has 0 saturated heterocycles. The van der Waals surface area contributed by atoms with Crippen molar-refractivity contribution in [3.05, 3.63) is 71.3 Å². The average molecular weight is 511 g/mol. The van der Waals surface area contributed by atoms with E-state index in [-0.39, 0.29) is 16.7 Å². The van der Waals surface area contributed by atoms with Crippen molar-refractivity contribution in [2.75, 3.05) is 0 Å². The molecule has 4 aromatic heterocycles. The van der Waals surface area contributed by atoms with E-state index in [0.29, 0.717) is 44.9 Å². The SMILES string of the molecule is Cn1c2cc(C(=O)O)ccc2[n+]2c1n1c3cc(C(=O)O)ccc3[n+](C)c1[n+]1c3cc(C(=O)O)ccc3[nH]c21. The van der Waals surface area contributed by atoms with Crippen LogP contribution in [0.3, 0.4) is 0 Å². The summed E-state index contributed by atoms with van der Waals surface area (Å²) in [5.74, 6) is -1.30. The Bertz CT molecular complexity index is 2250. The maximum absolute atomic E-state index is 11.9. The monoisotopic (exact) mass is 511 g/mol. The number of aromatic nitrogens is 6. The first-order chi connectivity index (χ1) is 18.2. The van der Waals surface area contributed by atoms with Crippen molar-refractivity contribution >= 4 is 68.3 Å². The number of rotatable bonds is 3. The first-order valence-electron chi connectivity index (χ1n) is 11.5. The molecule has 4 N–H and O–H groups in total. The third-order valence-corrected chi connectivity index (χ3v) is 7.20. The van der Waals surface area contributed by atoms with Gasteiger partial charge in [0.2, 0.25) is 16.6 Å². The fraction of sp³-hybridized carbons (Fsp3) is 0.0769. The second kappa shape index (κ2) is 7.03. The lowest BCUT2D eigenvalue weighted by Crippen LogP contribution is -2.45. The number of carbonyl (C=O) groups is 3. The van der Waals surface area contributed by atoms with E-state index in [9.17, 15) is 29.7 Å². The van der Waals surface area contributed by atoms with Crippen LogP contribution in [0.15, 0.2) is 54.6 Å². The van der Waals surface area contributed by atoms with Crippen LogP contribution >= 0.6 is 0 Å². The zero-order valence-corrected chi connectivity index (χ0v) is 20.0. The first-order valence-corrected chi connectivity index (χ1v) is 11.5. The Morgan fingerprint density at radius 2 is 1.32 bits per heavy atom. The van der Waals surface area contributed by atoms with E-state index in [2.05, 4.69) is 4.98 Å². The molecule has 0 bridgehead atoms. The van der Waals surface area contributed by atoms with E-state index in [0.717, 1.165) is 5.52 Å². The number of fused-ring (bicyclic) bond motifs is 12. The number of carboxylic acid groups (broad SMARTS) is 3. The van der Waals surface area contributed by atoms with Gasteiger partial charge in [0.1, 0.15) is 7.05 Å². The van der Waals surface area contributed by atoms with E-state index in [1.165, 1.54) is 18.2 Å². The molecule has 0 spiro atoms. The Balaban J connectivity index is 1.85. The highest BCUT2D eigenvalue weighted by molar-refractivity contribution is 5.95. The van der Waals surface area contributed by atoms with E-state index in [1.54, 1.807) is 36.4 Å². The summed E-state index contributed by atoms with van der Waals surface area (Å²) in [5.41, 5.74) is 4.36. The number of H-pyrrole nitrogens is 1. The Morgan fingerprint density at radius 3 is 1.97 bits per heavy atom. The molecule has 7 rings (SSSR count). The number of aromatic carboxylic acids is 3. The lowest BCUT2D eigenvalue weighted by atomic mass is 10.2. The van der Waals surface area contributed by atoms with Crippen molar-refractivity contribution in [3.8, 4) is 0 Å². The fourth-order valence-electron chi connectivity index (χ4n) is 5.47. The number of nitrogens with one attached hydrogen (secondary N) is 1. The molecule has 4 heterocycles. The summed E-state index contributed by atoms with van der Waals surface area (Å²) in [4.78, 5) is 38.8. The third-order valence-electron chi connectivity index (χ3n) is 7.20. The van der Waals surface area contributed by atoms with Crippen LogP contribution in [-0.4, -0.2) is 47.2 Å². The molecule has 0 aliphatic heterocycles. The zero-order chi connectivity index (χ0) is 26.6. The van der Waals surface area contributed by atoms with Crippen LogP contribution in [0.5, 0.6) is 0 Å². The van der Waals surface area contributed by atoms with Gasteiger partial charge in [-0.25, -0.2) is 23.9 Å². The minimum atomic E-state index is -1.07. The minimum absolute atomic E-state index is 0.111. The molecule has 0 fully saturated rings. The second-order valence-corrected chi connectivity index (χ2v) is 9.23. The molecule has 12 nitrogen and oxygen atoms in total. The Morgan fingerprint density at radius 1 is 0.737 bits per heavy atom. The molecule has 3 aromatic carbocycles. The molecule has 0 radical (unpaired) electrons. The van der Waals surface area contributed by atoms with Crippen LogP contribution in [0.4, 0.5) is 0 Å². The molecule has 0 aliphatic rings. The van der Waals surface area contributed by atoms with E-state index in [1.807, 2.05) is 36.4 Å². The number of hydrogen-bond acceptors (Lipinski definition) is 3. The smallest absolute Gasteiger partial charge is 0.478 e.